The number of nitrogens with zero attached hydrogens (tertiary/aromatic N) is 2. The molecule has 3 rings (SSSR count). The maximum Gasteiger partial charge on any atom is 0.270 e. The summed E-state index contributed by atoms with van der Waals surface area (Å²) in [5, 5.41) is 7.08. The van der Waals surface area contributed by atoms with Gasteiger partial charge in [-0.15, -0.1) is 11.3 Å². The Morgan fingerprint density at radius 1 is 1.52 bits per heavy atom. The van der Waals surface area contributed by atoms with E-state index in [9.17, 15) is 9.18 Å². The minimum atomic E-state index is -0.715. The van der Waals surface area contributed by atoms with Gasteiger partial charge in [0.1, 0.15) is 5.82 Å². The number of anilines is 1. The van der Waals surface area contributed by atoms with Gasteiger partial charge in [-0.2, -0.15) is 0 Å². The van der Waals surface area contributed by atoms with Crippen molar-refractivity contribution in [2.45, 2.75) is 19.4 Å². The SMILES string of the molecule is Cc1cnc(NC(=O)[C@H]2CC(c3cccc(F)c3)=NO2)s1. The van der Waals surface area contributed by atoms with Crippen LogP contribution >= 0.6 is 11.3 Å². The van der Waals surface area contributed by atoms with Crippen LogP contribution < -0.4 is 5.32 Å². The molecule has 0 unspecified atom stereocenters. The zero-order valence-corrected chi connectivity index (χ0v) is 12.0. The normalized spacial score (nSPS) is 17.2. The van der Waals surface area contributed by atoms with E-state index in [0.717, 1.165) is 4.88 Å². The first kappa shape index (κ1) is 13.7. The lowest BCUT2D eigenvalue weighted by Gasteiger charge is -2.06. The molecule has 5 nitrogen and oxygen atoms in total. The van der Waals surface area contributed by atoms with Gasteiger partial charge in [-0.3, -0.25) is 10.1 Å². The highest BCUT2D eigenvalue weighted by atomic mass is 32.1. The molecule has 0 bridgehead atoms. The van der Waals surface area contributed by atoms with Crippen LogP contribution in [0.25, 0.3) is 0 Å². The van der Waals surface area contributed by atoms with E-state index in [1.165, 1.54) is 23.5 Å². The van der Waals surface area contributed by atoms with Crippen LogP contribution in [0.15, 0.2) is 35.6 Å². The molecule has 0 fully saturated rings. The fourth-order valence-corrected chi connectivity index (χ4v) is 2.62. The number of halogens is 1. The Balaban J connectivity index is 1.64. The Labute approximate surface area is 124 Å². The molecule has 108 valence electrons. The van der Waals surface area contributed by atoms with Crippen LogP contribution in [0.4, 0.5) is 9.52 Å². The highest BCUT2D eigenvalue weighted by Crippen LogP contribution is 2.21. The predicted molar refractivity (Wildman–Crippen MR) is 77.9 cm³/mol. The Bertz CT molecular complexity index is 714. The van der Waals surface area contributed by atoms with Crippen molar-refractivity contribution in [2.24, 2.45) is 5.16 Å². The van der Waals surface area contributed by atoms with E-state index in [2.05, 4.69) is 15.5 Å². The smallest absolute Gasteiger partial charge is 0.270 e. The highest BCUT2D eigenvalue weighted by Gasteiger charge is 2.29. The average Bonchev–Trinajstić information content (AvgIpc) is 3.08. The number of thiazole rings is 1. The average molecular weight is 305 g/mol. The number of nitrogens with one attached hydrogen (secondary N) is 1. The van der Waals surface area contributed by atoms with Gasteiger partial charge in [-0.05, 0) is 19.1 Å². The van der Waals surface area contributed by atoms with Gasteiger partial charge in [0.05, 0.1) is 5.71 Å². The second-order valence-corrected chi connectivity index (χ2v) is 5.85. The molecule has 7 heteroatoms. The van der Waals surface area contributed by atoms with E-state index in [1.54, 1.807) is 18.3 Å². The van der Waals surface area contributed by atoms with E-state index in [1.807, 2.05) is 6.92 Å². The Morgan fingerprint density at radius 3 is 3.10 bits per heavy atom. The third-order valence-corrected chi connectivity index (χ3v) is 3.80. The highest BCUT2D eigenvalue weighted by molar-refractivity contribution is 7.15. The van der Waals surface area contributed by atoms with E-state index < -0.39 is 6.10 Å². The fourth-order valence-electron chi connectivity index (χ4n) is 1.95. The van der Waals surface area contributed by atoms with Crippen molar-refractivity contribution in [1.82, 2.24) is 4.98 Å². The van der Waals surface area contributed by atoms with Gasteiger partial charge >= 0.3 is 0 Å². The van der Waals surface area contributed by atoms with Gasteiger partial charge in [0.15, 0.2) is 5.13 Å². The molecule has 0 saturated carbocycles. The molecule has 0 radical (unpaired) electrons. The maximum atomic E-state index is 13.2. The van der Waals surface area contributed by atoms with Crippen LogP contribution in [0.3, 0.4) is 0 Å². The van der Waals surface area contributed by atoms with Crippen molar-refractivity contribution in [2.75, 3.05) is 5.32 Å². The summed E-state index contributed by atoms with van der Waals surface area (Å²) in [7, 11) is 0. The standard InChI is InChI=1S/C14H12FN3O2S/c1-8-7-16-14(21-8)17-13(19)12-6-11(18-20-12)9-3-2-4-10(15)5-9/h2-5,7,12H,6H2,1H3,(H,16,17,19)/t12-/m1/s1. The lowest BCUT2D eigenvalue weighted by atomic mass is 10.0. The van der Waals surface area contributed by atoms with Gasteiger partial charge < -0.3 is 4.84 Å². The number of aromatic nitrogens is 1. The molecule has 1 aromatic carbocycles. The van der Waals surface area contributed by atoms with Crippen molar-refractivity contribution in [3.8, 4) is 0 Å². The van der Waals surface area contributed by atoms with Crippen LogP contribution in [0.1, 0.15) is 16.9 Å². The van der Waals surface area contributed by atoms with Crippen LogP contribution in [0.5, 0.6) is 0 Å². The number of hydrogen-bond donors (Lipinski definition) is 1. The largest absolute Gasteiger partial charge is 0.382 e. The first-order chi connectivity index (χ1) is 10.1. The number of aryl methyl sites for hydroxylation is 1. The first-order valence-corrected chi connectivity index (χ1v) is 7.15. The van der Waals surface area contributed by atoms with E-state index in [4.69, 9.17) is 4.84 Å². The second-order valence-electron chi connectivity index (χ2n) is 4.61. The zero-order chi connectivity index (χ0) is 14.8. The number of amides is 1. The molecule has 1 aliphatic heterocycles. The number of oxime groups is 1. The molecule has 2 aromatic rings. The van der Waals surface area contributed by atoms with Crippen LogP contribution in [0, 0.1) is 12.7 Å². The maximum absolute atomic E-state index is 13.2. The molecule has 1 N–H and O–H groups in total. The lowest BCUT2D eigenvalue weighted by molar-refractivity contribution is -0.125. The Morgan fingerprint density at radius 2 is 2.38 bits per heavy atom. The monoisotopic (exact) mass is 305 g/mol. The first-order valence-electron chi connectivity index (χ1n) is 6.34. The number of carbonyl (C=O) groups excluding carboxylic acids is 1. The van der Waals surface area contributed by atoms with E-state index in [0.29, 0.717) is 22.8 Å². The minimum absolute atomic E-state index is 0.305. The van der Waals surface area contributed by atoms with Gasteiger partial charge in [0.2, 0.25) is 6.10 Å². The van der Waals surface area contributed by atoms with Gasteiger partial charge in [0.25, 0.3) is 5.91 Å². The van der Waals surface area contributed by atoms with Gasteiger partial charge in [-0.25, -0.2) is 9.37 Å². The third kappa shape index (κ3) is 3.08. The Kier molecular flexibility index (Phi) is 3.66. The summed E-state index contributed by atoms with van der Waals surface area (Å²) in [6.45, 7) is 1.91. The molecule has 1 aliphatic rings. The van der Waals surface area contributed by atoms with Crippen molar-refractivity contribution in [3.05, 3.63) is 46.7 Å². The summed E-state index contributed by atoms with van der Waals surface area (Å²) in [6.07, 6.45) is 1.27. The lowest BCUT2D eigenvalue weighted by Crippen LogP contribution is -2.27. The molecule has 0 spiro atoms. The molecule has 1 atom stereocenters. The summed E-state index contributed by atoms with van der Waals surface area (Å²) in [4.78, 5) is 22.3. The van der Waals surface area contributed by atoms with Crippen molar-refractivity contribution >= 4 is 28.1 Å². The minimum Gasteiger partial charge on any atom is -0.382 e. The molecule has 0 aliphatic carbocycles. The molecule has 21 heavy (non-hydrogen) atoms. The summed E-state index contributed by atoms with van der Waals surface area (Å²) in [5.74, 6) is -0.652. The molecule has 0 saturated heterocycles. The number of benzene rings is 1. The topological polar surface area (TPSA) is 63.6 Å². The fraction of sp³-hybridized carbons (Fsp3) is 0.214. The molecular formula is C14H12FN3O2S. The van der Waals surface area contributed by atoms with Crippen LogP contribution in [-0.4, -0.2) is 22.7 Å². The summed E-state index contributed by atoms with van der Waals surface area (Å²) >= 11 is 1.39. The Hall–Kier alpha value is -2.28. The van der Waals surface area contributed by atoms with Crippen molar-refractivity contribution in [3.63, 3.8) is 0 Å². The molecule has 1 aromatic heterocycles. The number of carbonyl (C=O) groups is 1. The summed E-state index contributed by atoms with van der Waals surface area (Å²) < 4.78 is 13.2. The zero-order valence-electron chi connectivity index (χ0n) is 11.2. The molecule has 2 heterocycles. The molecular weight excluding hydrogens is 293 g/mol. The van der Waals surface area contributed by atoms with Crippen molar-refractivity contribution in [1.29, 1.82) is 0 Å². The number of hydrogen-bond acceptors (Lipinski definition) is 5. The van der Waals surface area contributed by atoms with Crippen LogP contribution in [0.2, 0.25) is 0 Å². The summed E-state index contributed by atoms with van der Waals surface area (Å²) in [5.41, 5.74) is 1.18. The quantitative estimate of drug-likeness (QED) is 0.948. The van der Waals surface area contributed by atoms with Gasteiger partial charge in [0, 0.05) is 23.1 Å². The predicted octanol–water partition coefficient (Wildman–Crippen LogP) is 2.72. The van der Waals surface area contributed by atoms with E-state index in [-0.39, 0.29) is 11.7 Å². The van der Waals surface area contributed by atoms with Gasteiger partial charge in [-0.1, -0.05) is 17.3 Å². The second kappa shape index (κ2) is 5.61. The molecule has 1 amide bonds. The van der Waals surface area contributed by atoms with E-state index >= 15 is 0 Å². The van der Waals surface area contributed by atoms with Crippen LogP contribution in [-0.2, 0) is 9.63 Å². The summed E-state index contributed by atoms with van der Waals surface area (Å²) in [6, 6.07) is 6.05. The number of rotatable bonds is 3. The van der Waals surface area contributed by atoms with Crippen molar-refractivity contribution < 1.29 is 14.0 Å². The third-order valence-electron chi connectivity index (χ3n) is 2.97.